The molecule has 0 spiro atoms. The molecule has 2 rings (SSSR count). The third kappa shape index (κ3) is 2.23. The zero-order valence-corrected chi connectivity index (χ0v) is 9.46. The van der Waals surface area contributed by atoms with Crippen LogP contribution in [-0.2, 0) is 4.74 Å². The summed E-state index contributed by atoms with van der Waals surface area (Å²) in [6.07, 6.45) is -0.676. The average molecular weight is 246 g/mol. The molecule has 0 unspecified atom stereocenters. The second kappa shape index (κ2) is 4.72. The van der Waals surface area contributed by atoms with Crippen LogP contribution in [-0.4, -0.2) is 55.1 Å². The number of thioether (sulfide) groups is 1. The van der Waals surface area contributed by atoms with Crippen LogP contribution in [0.1, 0.15) is 6.92 Å². The maximum absolute atomic E-state index is 9.73. The van der Waals surface area contributed by atoms with Crippen molar-refractivity contribution in [3.8, 4) is 0 Å². The van der Waals surface area contributed by atoms with Gasteiger partial charge >= 0.3 is 0 Å². The number of hydrogen-bond donors (Lipinski definition) is 4. The van der Waals surface area contributed by atoms with Gasteiger partial charge in [-0.25, -0.2) is 4.98 Å². The third-order valence-corrected chi connectivity index (χ3v) is 3.58. The summed E-state index contributed by atoms with van der Waals surface area (Å²) in [6.45, 7) is 1.65. The number of nitrogens with one attached hydrogen (secondary N) is 1. The zero-order valence-electron chi connectivity index (χ0n) is 8.65. The molecule has 1 aromatic heterocycles. The van der Waals surface area contributed by atoms with Crippen molar-refractivity contribution in [2.75, 3.05) is 0 Å². The van der Waals surface area contributed by atoms with Crippen LogP contribution in [0, 0.1) is 0 Å². The van der Waals surface area contributed by atoms with E-state index in [1.165, 1.54) is 11.8 Å². The van der Waals surface area contributed by atoms with E-state index in [2.05, 4.69) is 9.97 Å². The van der Waals surface area contributed by atoms with Gasteiger partial charge in [0.25, 0.3) is 0 Å². The Balaban J connectivity index is 2.04. The van der Waals surface area contributed by atoms with Crippen molar-refractivity contribution in [1.82, 2.24) is 9.97 Å². The van der Waals surface area contributed by atoms with Crippen molar-refractivity contribution < 1.29 is 20.1 Å². The lowest BCUT2D eigenvalue weighted by molar-refractivity contribution is -0.192. The molecule has 1 aliphatic heterocycles. The molecule has 5 atom stereocenters. The lowest BCUT2D eigenvalue weighted by Crippen LogP contribution is -2.55. The molecular weight excluding hydrogens is 232 g/mol. The van der Waals surface area contributed by atoms with E-state index in [-0.39, 0.29) is 0 Å². The largest absolute Gasteiger partial charge is 0.388 e. The van der Waals surface area contributed by atoms with Crippen LogP contribution >= 0.6 is 11.8 Å². The monoisotopic (exact) mass is 246 g/mol. The summed E-state index contributed by atoms with van der Waals surface area (Å²) < 4.78 is 5.40. The quantitative estimate of drug-likeness (QED) is 0.552. The number of ether oxygens (including phenoxy) is 1. The summed E-state index contributed by atoms with van der Waals surface area (Å²) in [7, 11) is 0. The Morgan fingerprint density at radius 3 is 2.69 bits per heavy atom. The number of H-pyrrole nitrogens is 1. The summed E-state index contributed by atoms with van der Waals surface area (Å²) in [5.74, 6) is 0. The van der Waals surface area contributed by atoms with Crippen LogP contribution < -0.4 is 0 Å². The highest BCUT2D eigenvalue weighted by Gasteiger charge is 2.42. The van der Waals surface area contributed by atoms with E-state index in [1.807, 2.05) is 0 Å². The Labute approximate surface area is 96.7 Å². The fourth-order valence-corrected chi connectivity index (χ4v) is 2.55. The minimum Gasteiger partial charge on any atom is -0.388 e. The summed E-state index contributed by atoms with van der Waals surface area (Å²) >= 11 is 1.18. The Hall–Kier alpha value is -0.600. The lowest BCUT2D eigenvalue weighted by atomic mass is 10.0. The van der Waals surface area contributed by atoms with Gasteiger partial charge in [0.1, 0.15) is 23.7 Å². The molecule has 0 saturated carbocycles. The van der Waals surface area contributed by atoms with Crippen molar-refractivity contribution >= 4 is 11.8 Å². The predicted molar refractivity (Wildman–Crippen MR) is 56.8 cm³/mol. The number of nitrogens with zero attached hydrogens (tertiary/aromatic N) is 1. The molecule has 16 heavy (non-hydrogen) atoms. The normalized spacial score (nSPS) is 39.9. The fourth-order valence-electron chi connectivity index (χ4n) is 1.54. The second-order valence-electron chi connectivity index (χ2n) is 3.69. The van der Waals surface area contributed by atoms with Crippen LogP contribution in [0.4, 0.5) is 0 Å². The average Bonchev–Trinajstić information content (AvgIpc) is 2.76. The van der Waals surface area contributed by atoms with Crippen molar-refractivity contribution in [3.05, 3.63) is 12.4 Å². The third-order valence-electron chi connectivity index (χ3n) is 2.51. The Morgan fingerprint density at radius 2 is 2.06 bits per heavy atom. The van der Waals surface area contributed by atoms with Crippen molar-refractivity contribution in [2.24, 2.45) is 0 Å². The molecule has 0 bridgehead atoms. The van der Waals surface area contributed by atoms with E-state index in [0.717, 1.165) is 0 Å². The molecule has 1 aromatic rings. The standard InChI is InChI=1S/C9H14N2O4S/c1-4-5(12)6(13)7(14)8(15-4)16-9-10-2-3-11-9/h2-8,12-14H,1H3,(H,10,11)/t4-,5-,6-,7-,8-/m0/s1. The minimum atomic E-state index is -1.20. The minimum absolute atomic E-state index is 0.522. The maximum atomic E-state index is 9.73. The number of imidazole rings is 1. The van der Waals surface area contributed by atoms with Crippen LogP contribution in [0.15, 0.2) is 17.6 Å². The molecule has 90 valence electrons. The van der Waals surface area contributed by atoms with Gasteiger partial charge in [0.15, 0.2) is 5.16 Å². The Kier molecular flexibility index (Phi) is 3.50. The van der Waals surface area contributed by atoms with Gasteiger partial charge in [0.05, 0.1) is 6.10 Å². The van der Waals surface area contributed by atoms with Crippen LogP contribution in [0.3, 0.4) is 0 Å². The molecule has 7 heteroatoms. The van der Waals surface area contributed by atoms with Crippen LogP contribution in [0.2, 0.25) is 0 Å². The molecule has 0 aromatic carbocycles. The molecule has 1 fully saturated rings. The zero-order chi connectivity index (χ0) is 11.7. The number of aliphatic hydroxyl groups is 3. The summed E-state index contributed by atoms with van der Waals surface area (Å²) in [6, 6.07) is 0. The van der Waals surface area contributed by atoms with Crippen molar-refractivity contribution in [2.45, 2.75) is 41.9 Å². The first-order valence-electron chi connectivity index (χ1n) is 4.95. The number of aliphatic hydroxyl groups excluding tert-OH is 3. The molecule has 6 nitrogen and oxygen atoms in total. The van der Waals surface area contributed by atoms with E-state index in [1.54, 1.807) is 19.3 Å². The highest BCUT2D eigenvalue weighted by molar-refractivity contribution is 7.99. The fraction of sp³-hybridized carbons (Fsp3) is 0.667. The van der Waals surface area contributed by atoms with Gasteiger partial charge in [0, 0.05) is 12.4 Å². The van der Waals surface area contributed by atoms with E-state index >= 15 is 0 Å². The molecule has 0 amide bonds. The lowest BCUT2D eigenvalue weighted by Gasteiger charge is -2.38. The summed E-state index contributed by atoms with van der Waals surface area (Å²) in [5, 5.41) is 29.4. The van der Waals surface area contributed by atoms with Gasteiger partial charge < -0.3 is 25.0 Å². The number of hydrogen-bond acceptors (Lipinski definition) is 6. The molecule has 2 heterocycles. The second-order valence-corrected chi connectivity index (χ2v) is 4.78. The van der Waals surface area contributed by atoms with E-state index in [9.17, 15) is 15.3 Å². The van der Waals surface area contributed by atoms with Gasteiger partial charge in [0.2, 0.25) is 0 Å². The molecular formula is C9H14N2O4S. The van der Waals surface area contributed by atoms with E-state index < -0.39 is 29.9 Å². The molecule has 0 radical (unpaired) electrons. The Morgan fingerprint density at radius 1 is 1.31 bits per heavy atom. The number of rotatable bonds is 2. The maximum Gasteiger partial charge on any atom is 0.167 e. The summed E-state index contributed by atoms with van der Waals surface area (Å²) in [4.78, 5) is 6.85. The highest BCUT2D eigenvalue weighted by Crippen LogP contribution is 2.31. The SMILES string of the molecule is C[C@@H]1O[C@@H](Sc2ncc[nH]2)[C@@H](O)[C@@H](O)[C@H]1O. The first kappa shape index (κ1) is 11.9. The van der Waals surface area contributed by atoms with Crippen molar-refractivity contribution in [3.63, 3.8) is 0 Å². The first-order valence-corrected chi connectivity index (χ1v) is 5.83. The number of aromatic nitrogens is 2. The molecule has 1 aliphatic rings. The van der Waals surface area contributed by atoms with Gasteiger partial charge in [-0.05, 0) is 6.92 Å². The van der Waals surface area contributed by atoms with Gasteiger partial charge in [-0.3, -0.25) is 0 Å². The van der Waals surface area contributed by atoms with Crippen LogP contribution in [0.25, 0.3) is 0 Å². The van der Waals surface area contributed by atoms with Gasteiger partial charge in [-0.1, -0.05) is 11.8 Å². The van der Waals surface area contributed by atoms with E-state index in [4.69, 9.17) is 4.74 Å². The van der Waals surface area contributed by atoms with Crippen molar-refractivity contribution in [1.29, 1.82) is 0 Å². The smallest absolute Gasteiger partial charge is 0.167 e. The highest BCUT2D eigenvalue weighted by atomic mass is 32.2. The predicted octanol–water partition coefficient (Wildman–Crippen LogP) is -0.671. The molecule has 0 aliphatic carbocycles. The molecule has 1 saturated heterocycles. The van der Waals surface area contributed by atoms with Gasteiger partial charge in [-0.15, -0.1) is 0 Å². The van der Waals surface area contributed by atoms with E-state index in [0.29, 0.717) is 5.16 Å². The first-order chi connectivity index (χ1) is 7.59. The van der Waals surface area contributed by atoms with Gasteiger partial charge in [-0.2, -0.15) is 0 Å². The summed E-state index contributed by atoms with van der Waals surface area (Å²) in [5.41, 5.74) is -0.639. The molecule has 4 N–H and O–H groups in total. The van der Waals surface area contributed by atoms with Crippen LogP contribution in [0.5, 0.6) is 0 Å². The topological polar surface area (TPSA) is 98.6 Å². The number of aromatic amines is 1. The Bertz CT molecular complexity index is 334.